The number of amides is 1. The number of aryl methyl sites for hydroxylation is 1. The van der Waals surface area contributed by atoms with Gasteiger partial charge in [0, 0.05) is 23.9 Å². The third kappa shape index (κ3) is 3.92. The molecule has 0 fully saturated rings. The molecule has 1 amide bonds. The predicted molar refractivity (Wildman–Crippen MR) is 113 cm³/mol. The van der Waals surface area contributed by atoms with E-state index in [2.05, 4.69) is 15.3 Å². The van der Waals surface area contributed by atoms with E-state index in [0.29, 0.717) is 29.7 Å². The van der Waals surface area contributed by atoms with Gasteiger partial charge in [0.15, 0.2) is 5.13 Å². The zero-order valence-corrected chi connectivity index (χ0v) is 17.4. The summed E-state index contributed by atoms with van der Waals surface area (Å²) in [6, 6.07) is 3.49. The van der Waals surface area contributed by atoms with Crippen molar-refractivity contribution in [1.82, 2.24) is 14.5 Å². The van der Waals surface area contributed by atoms with Gasteiger partial charge in [0.1, 0.15) is 9.17 Å². The topological polar surface area (TPSA) is 76.9 Å². The summed E-state index contributed by atoms with van der Waals surface area (Å²) < 4.78 is 2.57. The first kappa shape index (κ1) is 18.6. The Balaban J connectivity index is 1.41. The number of nitrogens with one attached hydrogen (secondary N) is 1. The first-order chi connectivity index (χ1) is 13.0. The lowest BCUT2D eigenvalue weighted by molar-refractivity contribution is -0.116. The van der Waals surface area contributed by atoms with Crippen molar-refractivity contribution in [1.29, 1.82) is 0 Å². The van der Waals surface area contributed by atoms with Gasteiger partial charge >= 0.3 is 0 Å². The summed E-state index contributed by atoms with van der Waals surface area (Å²) in [4.78, 5) is 33.8. The van der Waals surface area contributed by atoms with Crippen LogP contribution < -0.4 is 10.9 Å². The zero-order valence-electron chi connectivity index (χ0n) is 13.4. The summed E-state index contributed by atoms with van der Waals surface area (Å²) in [7, 11) is 0. The van der Waals surface area contributed by atoms with Gasteiger partial charge < -0.3 is 5.32 Å². The van der Waals surface area contributed by atoms with E-state index in [4.69, 9.17) is 23.2 Å². The second kappa shape index (κ2) is 7.69. The van der Waals surface area contributed by atoms with Crippen molar-refractivity contribution in [3.05, 3.63) is 48.2 Å². The number of hydrogen-bond acceptors (Lipinski definition) is 7. The molecular weight excluding hydrogens is 447 g/mol. The number of carbonyl (C=O) groups is 1. The Hall–Kier alpha value is -1.78. The number of halogens is 2. The van der Waals surface area contributed by atoms with Crippen LogP contribution in [0, 0.1) is 0 Å². The van der Waals surface area contributed by atoms with Crippen LogP contribution >= 0.6 is 57.2 Å². The van der Waals surface area contributed by atoms with Crippen molar-refractivity contribution < 1.29 is 4.79 Å². The van der Waals surface area contributed by atoms with Gasteiger partial charge in [-0.15, -0.1) is 34.0 Å². The molecule has 0 atom stereocenters. The van der Waals surface area contributed by atoms with Crippen LogP contribution in [0.4, 0.5) is 5.13 Å². The second-order valence-corrected chi connectivity index (χ2v) is 9.49. The maximum atomic E-state index is 12.3. The Labute approximate surface area is 175 Å². The Bertz CT molecular complexity index is 1190. The highest BCUT2D eigenvalue weighted by molar-refractivity contribution is 7.20. The summed E-state index contributed by atoms with van der Waals surface area (Å²) >= 11 is 16.1. The van der Waals surface area contributed by atoms with E-state index in [-0.39, 0.29) is 24.4 Å². The fourth-order valence-electron chi connectivity index (χ4n) is 2.43. The molecule has 11 heteroatoms. The Kier molecular flexibility index (Phi) is 5.29. The van der Waals surface area contributed by atoms with Crippen LogP contribution in [0.3, 0.4) is 0 Å². The molecular formula is C16H10Cl2N4O2S3. The van der Waals surface area contributed by atoms with E-state index in [0.717, 1.165) is 5.56 Å². The summed E-state index contributed by atoms with van der Waals surface area (Å²) in [5, 5.41) is 7.40. The van der Waals surface area contributed by atoms with Gasteiger partial charge in [-0.3, -0.25) is 14.2 Å². The molecule has 138 valence electrons. The third-order valence-corrected chi connectivity index (χ3v) is 6.78. The van der Waals surface area contributed by atoms with Crippen LogP contribution in [0.1, 0.15) is 6.42 Å². The predicted octanol–water partition coefficient (Wildman–Crippen LogP) is 4.98. The van der Waals surface area contributed by atoms with E-state index in [1.165, 1.54) is 44.9 Å². The molecule has 0 saturated carbocycles. The summed E-state index contributed by atoms with van der Waals surface area (Å²) in [6.07, 6.45) is 1.61. The fraction of sp³-hybridized carbons (Fsp3) is 0.125. The summed E-state index contributed by atoms with van der Waals surface area (Å²) in [5.41, 5.74) is 1.26. The zero-order chi connectivity index (χ0) is 19.0. The first-order valence-corrected chi connectivity index (χ1v) is 11.0. The molecule has 4 aromatic heterocycles. The van der Waals surface area contributed by atoms with Crippen LogP contribution in [0.15, 0.2) is 34.0 Å². The lowest BCUT2D eigenvalue weighted by Crippen LogP contribution is -2.23. The number of thiazole rings is 1. The number of fused-ring (bicyclic) bond motifs is 1. The van der Waals surface area contributed by atoms with Crippen LogP contribution in [-0.2, 0) is 11.3 Å². The van der Waals surface area contributed by atoms with Gasteiger partial charge in [-0.1, -0.05) is 23.2 Å². The van der Waals surface area contributed by atoms with E-state index in [1.807, 2.05) is 5.38 Å². The molecule has 0 saturated heterocycles. The van der Waals surface area contributed by atoms with Gasteiger partial charge in [0.25, 0.3) is 5.56 Å². The van der Waals surface area contributed by atoms with Crippen molar-refractivity contribution in [3.8, 4) is 11.3 Å². The quantitative estimate of drug-likeness (QED) is 0.459. The van der Waals surface area contributed by atoms with E-state index in [1.54, 1.807) is 17.5 Å². The highest BCUT2D eigenvalue weighted by atomic mass is 35.5. The minimum atomic E-state index is -0.234. The van der Waals surface area contributed by atoms with Gasteiger partial charge in [0.2, 0.25) is 5.91 Å². The minimum Gasteiger partial charge on any atom is -0.302 e. The number of rotatable bonds is 5. The average molecular weight is 457 g/mol. The van der Waals surface area contributed by atoms with Crippen LogP contribution in [-0.4, -0.2) is 20.4 Å². The summed E-state index contributed by atoms with van der Waals surface area (Å²) in [6.45, 7) is 0.244. The van der Waals surface area contributed by atoms with Gasteiger partial charge in [0.05, 0.1) is 21.7 Å². The van der Waals surface area contributed by atoms with Crippen molar-refractivity contribution >= 4 is 78.5 Å². The molecule has 0 aliphatic carbocycles. The molecule has 4 aromatic rings. The highest BCUT2D eigenvalue weighted by Gasteiger charge is 2.14. The number of hydrogen-bond donors (Lipinski definition) is 1. The molecule has 0 aliphatic heterocycles. The molecule has 1 N–H and O–H groups in total. The van der Waals surface area contributed by atoms with Gasteiger partial charge in [-0.25, -0.2) is 9.97 Å². The number of aromatic nitrogens is 3. The standard InChI is InChI=1S/C16H10Cl2N4O2S3/c17-11-5-9(13(18)27-11)10-6-26-16(20-10)21-12(23)1-3-22-7-19-14-8(15(22)24)2-4-25-14/h2,4-7H,1,3H2,(H,20,21,23). The minimum absolute atomic E-state index is 0.136. The lowest BCUT2D eigenvalue weighted by Gasteiger charge is -2.05. The highest BCUT2D eigenvalue weighted by Crippen LogP contribution is 2.38. The molecule has 0 unspecified atom stereocenters. The lowest BCUT2D eigenvalue weighted by atomic mass is 10.3. The molecule has 6 nitrogen and oxygen atoms in total. The van der Waals surface area contributed by atoms with Crippen molar-refractivity contribution in [2.75, 3.05) is 5.32 Å². The maximum Gasteiger partial charge on any atom is 0.262 e. The average Bonchev–Trinajstić information content (AvgIpc) is 3.34. The molecule has 0 spiro atoms. The van der Waals surface area contributed by atoms with Crippen LogP contribution in [0.2, 0.25) is 8.67 Å². The Morgan fingerprint density at radius 3 is 2.93 bits per heavy atom. The van der Waals surface area contributed by atoms with E-state index in [9.17, 15) is 9.59 Å². The maximum absolute atomic E-state index is 12.3. The second-order valence-electron chi connectivity index (χ2n) is 5.46. The molecule has 4 rings (SSSR count). The number of thiophene rings is 2. The fourth-order valence-corrected chi connectivity index (χ4v) is 5.36. The van der Waals surface area contributed by atoms with Crippen LogP contribution in [0.25, 0.3) is 21.5 Å². The molecule has 0 bridgehead atoms. The van der Waals surface area contributed by atoms with E-state index >= 15 is 0 Å². The van der Waals surface area contributed by atoms with Crippen molar-refractivity contribution in [3.63, 3.8) is 0 Å². The monoisotopic (exact) mass is 456 g/mol. The smallest absolute Gasteiger partial charge is 0.262 e. The van der Waals surface area contributed by atoms with Crippen LogP contribution in [0.5, 0.6) is 0 Å². The Morgan fingerprint density at radius 1 is 1.30 bits per heavy atom. The number of nitrogens with zero attached hydrogens (tertiary/aromatic N) is 3. The first-order valence-electron chi connectivity index (χ1n) is 7.64. The molecule has 0 aromatic carbocycles. The van der Waals surface area contributed by atoms with Crippen molar-refractivity contribution in [2.45, 2.75) is 13.0 Å². The Morgan fingerprint density at radius 2 is 2.15 bits per heavy atom. The van der Waals surface area contributed by atoms with Gasteiger partial charge in [-0.05, 0) is 17.5 Å². The largest absolute Gasteiger partial charge is 0.302 e. The number of anilines is 1. The molecule has 0 radical (unpaired) electrons. The summed E-state index contributed by atoms with van der Waals surface area (Å²) in [5.74, 6) is -0.234. The van der Waals surface area contributed by atoms with Crippen molar-refractivity contribution in [2.24, 2.45) is 0 Å². The molecule has 0 aliphatic rings. The van der Waals surface area contributed by atoms with Gasteiger partial charge in [-0.2, -0.15) is 0 Å². The molecule has 4 heterocycles. The van der Waals surface area contributed by atoms with E-state index < -0.39 is 0 Å². The molecule has 27 heavy (non-hydrogen) atoms. The normalized spacial score (nSPS) is 11.2. The third-order valence-electron chi connectivity index (χ3n) is 3.71. The number of carbonyl (C=O) groups excluding carboxylic acids is 1. The SMILES string of the molecule is O=C(CCn1cnc2sccc2c1=O)Nc1nc(-c2cc(Cl)sc2Cl)cs1.